The van der Waals surface area contributed by atoms with Crippen molar-refractivity contribution in [1.82, 2.24) is 9.97 Å². The zero-order valence-corrected chi connectivity index (χ0v) is 18.3. The summed E-state index contributed by atoms with van der Waals surface area (Å²) in [5.41, 5.74) is 1.21. The first kappa shape index (κ1) is 22.1. The van der Waals surface area contributed by atoms with Crippen molar-refractivity contribution in [2.24, 2.45) is 0 Å². The van der Waals surface area contributed by atoms with Gasteiger partial charge in [-0.1, -0.05) is 53.7 Å². The number of thiophene rings is 1. The van der Waals surface area contributed by atoms with Crippen LogP contribution in [0.4, 0.5) is 18.9 Å². The van der Waals surface area contributed by atoms with Crippen molar-refractivity contribution in [3.05, 3.63) is 75.4 Å². The van der Waals surface area contributed by atoms with Crippen LogP contribution in [0.3, 0.4) is 0 Å². The lowest BCUT2D eigenvalue weighted by molar-refractivity contribution is -0.137. The van der Waals surface area contributed by atoms with Crippen LogP contribution in [0.25, 0.3) is 21.3 Å². The molecule has 164 valence electrons. The number of hydrogen-bond acceptors (Lipinski definition) is 5. The van der Waals surface area contributed by atoms with Gasteiger partial charge in [0.15, 0.2) is 5.16 Å². The Morgan fingerprint density at radius 3 is 2.59 bits per heavy atom. The number of fused-ring (bicyclic) bond motifs is 1. The Kier molecular flexibility index (Phi) is 6.07. The minimum Gasteiger partial charge on any atom is -0.325 e. The Hall–Kier alpha value is -3.11. The highest BCUT2D eigenvalue weighted by Crippen LogP contribution is 2.35. The average molecular weight is 476 g/mol. The molecule has 4 rings (SSSR count). The van der Waals surface area contributed by atoms with E-state index in [0.29, 0.717) is 10.2 Å². The third-order valence-electron chi connectivity index (χ3n) is 4.63. The summed E-state index contributed by atoms with van der Waals surface area (Å²) in [6, 6.07) is 12.5. The molecule has 0 saturated heterocycles. The molecule has 5 nitrogen and oxygen atoms in total. The van der Waals surface area contributed by atoms with Crippen molar-refractivity contribution >= 4 is 44.9 Å². The molecule has 4 aromatic rings. The van der Waals surface area contributed by atoms with E-state index in [0.717, 1.165) is 34.5 Å². The number of H-pyrrole nitrogens is 1. The number of halogens is 3. The number of nitrogens with one attached hydrogen (secondary N) is 2. The third-order valence-corrected chi connectivity index (χ3v) is 6.38. The van der Waals surface area contributed by atoms with Crippen LogP contribution in [-0.4, -0.2) is 21.6 Å². The van der Waals surface area contributed by atoms with Crippen molar-refractivity contribution in [3.8, 4) is 11.1 Å². The number of para-hydroxylation sites is 1. The number of rotatable bonds is 5. The lowest BCUT2D eigenvalue weighted by Crippen LogP contribution is -2.18. The number of anilines is 1. The summed E-state index contributed by atoms with van der Waals surface area (Å²) < 4.78 is 39.2. The molecule has 0 bridgehead atoms. The standard InChI is InChI=1S/C22H16F3N3O2S2/c1-12-6-8-13(9-7-12)14-10-31-20-18(14)19(30)27-21(28-20)32-11-17(29)26-16-5-3-2-4-15(16)22(23,24)25/h2-10H,11H2,1H3,(H,26,29)(H,27,28,30). The van der Waals surface area contributed by atoms with Gasteiger partial charge < -0.3 is 10.3 Å². The maximum absolute atomic E-state index is 13.1. The second kappa shape index (κ2) is 8.79. The Labute approximate surface area is 188 Å². The van der Waals surface area contributed by atoms with Gasteiger partial charge in [-0.05, 0) is 24.6 Å². The van der Waals surface area contributed by atoms with E-state index in [4.69, 9.17) is 0 Å². The zero-order valence-electron chi connectivity index (χ0n) is 16.6. The van der Waals surface area contributed by atoms with Gasteiger partial charge in [-0.2, -0.15) is 13.2 Å². The molecule has 0 aliphatic rings. The van der Waals surface area contributed by atoms with Crippen LogP contribution in [0.1, 0.15) is 11.1 Å². The number of hydrogen-bond donors (Lipinski definition) is 2. The molecule has 32 heavy (non-hydrogen) atoms. The van der Waals surface area contributed by atoms with Gasteiger partial charge in [0.1, 0.15) is 4.83 Å². The molecule has 0 fully saturated rings. The van der Waals surface area contributed by atoms with Crippen molar-refractivity contribution in [2.45, 2.75) is 18.3 Å². The average Bonchev–Trinajstić information content (AvgIpc) is 3.17. The molecule has 0 unspecified atom stereocenters. The fourth-order valence-electron chi connectivity index (χ4n) is 3.10. The molecule has 1 amide bonds. The topological polar surface area (TPSA) is 74.8 Å². The number of amides is 1. The van der Waals surface area contributed by atoms with Gasteiger partial charge in [0.05, 0.1) is 22.4 Å². The summed E-state index contributed by atoms with van der Waals surface area (Å²) in [5.74, 6) is -0.849. The van der Waals surface area contributed by atoms with Gasteiger partial charge >= 0.3 is 6.18 Å². The first-order chi connectivity index (χ1) is 15.2. The summed E-state index contributed by atoms with van der Waals surface area (Å²) in [6.07, 6.45) is -4.58. The van der Waals surface area contributed by atoms with Gasteiger partial charge in [0.25, 0.3) is 5.56 Å². The molecule has 10 heteroatoms. The first-order valence-corrected chi connectivity index (χ1v) is 11.3. The molecule has 0 saturated carbocycles. The van der Waals surface area contributed by atoms with Crippen LogP contribution < -0.4 is 10.9 Å². The van der Waals surface area contributed by atoms with E-state index in [2.05, 4.69) is 15.3 Å². The summed E-state index contributed by atoms with van der Waals surface area (Å²) in [6.45, 7) is 1.98. The number of carbonyl (C=O) groups is 1. The maximum Gasteiger partial charge on any atom is 0.418 e. The zero-order chi connectivity index (χ0) is 22.9. The number of aryl methyl sites for hydroxylation is 1. The van der Waals surface area contributed by atoms with Crippen molar-refractivity contribution in [3.63, 3.8) is 0 Å². The fraction of sp³-hybridized carbons (Fsp3) is 0.136. The van der Waals surface area contributed by atoms with Crippen molar-refractivity contribution in [1.29, 1.82) is 0 Å². The van der Waals surface area contributed by atoms with Gasteiger partial charge in [-0.3, -0.25) is 9.59 Å². The van der Waals surface area contributed by atoms with Crippen LogP contribution in [0, 0.1) is 6.92 Å². The molecule has 2 aromatic carbocycles. The molecule has 0 spiro atoms. The van der Waals surface area contributed by atoms with E-state index in [-0.39, 0.29) is 22.2 Å². The monoisotopic (exact) mass is 475 g/mol. The van der Waals surface area contributed by atoms with Gasteiger partial charge in [0, 0.05) is 10.9 Å². The van der Waals surface area contributed by atoms with E-state index in [1.54, 1.807) is 0 Å². The SMILES string of the molecule is Cc1ccc(-c2csc3nc(SCC(=O)Nc4ccccc4C(F)(F)F)[nH]c(=O)c23)cc1. The summed E-state index contributed by atoms with van der Waals surface area (Å²) in [4.78, 5) is 32.5. The van der Waals surface area contributed by atoms with E-state index < -0.39 is 17.6 Å². The van der Waals surface area contributed by atoms with Gasteiger partial charge in [0.2, 0.25) is 5.91 Å². The van der Waals surface area contributed by atoms with Crippen LogP contribution in [-0.2, 0) is 11.0 Å². The lowest BCUT2D eigenvalue weighted by atomic mass is 10.1. The molecule has 0 aliphatic carbocycles. The molecular weight excluding hydrogens is 459 g/mol. The highest BCUT2D eigenvalue weighted by molar-refractivity contribution is 7.99. The first-order valence-electron chi connectivity index (χ1n) is 9.40. The molecule has 0 aliphatic heterocycles. The second-order valence-electron chi connectivity index (χ2n) is 6.95. The molecule has 0 radical (unpaired) electrons. The number of benzene rings is 2. The van der Waals surface area contributed by atoms with Gasteiger partial charge in [-0.15, -0.1) is 11.3 Å². The highest BCUT2D eigenvalue weighted by atomic mass is 32.2. The fourth-order valence-corrected chi connectivity index (χ4v) is 4.77. The Morgan fingerprint density at radius 2 is 1.88 bits per heavy atom. The summed E-state index contributed by atoms with van der Waals surface area (Å²) in [5, 5.41) is 4.81. The Morgan fingerprint density at radius 1 is 1.16 bits per heavy atom. The Bertz CT molecular complexity index is 1350. The van der Waals surface area contributed by atoms with Crippen molar-refractivity contribution in [2.75, 3.05) is 11.1 Å². The number of nitrogens with zero attached hydrogens (tertiary/aromatic N) is 1. The highest BCUT2D eigenvalue weighted by Gasteiger charge is 2.33. The summed E-state index contributed by atoms with van der Waals surface area (Å²) in [7, 11) is 0. The molecule has 2 N–H and O–H groups in total. The van der Waals surface area contributed by atoms with Crippen LogP contribution >= 0.6 is 23.1 Å². The van der Waals surface area contributed by atoms with E-state index in [1.807, 2.05) is 36.6 Å². The number of aromatic nitrogens is 2. The van der Waals surface area contributed by atoms with E-state index >= 15 is 0 Å². The van der Waals surface area contributed by atoms with E-state index in [1.165, 1.54) is 29.5 Å². The second-order valence-corrected chi connectivity index (χ2v) is 8.77. The number of carbonyl (C=O) groups excluding carboxylic acids is 1. The predicted molar refractivity (Wildman–Crippen MR) is 121 cm³/mol. The molecule has 2 heterocycles. The molecule has 0 atom stereocenters. The molecular formula is C22H16F3N3O2S2. The summed E-state index contributed by atoms with van der Waals surface area (Å²) >= 11 is 2.26. The lowest BCUT2D eigenvalue weighted by Gasteiger charge is -2.13. The van der Waals surface area contributed by atoms with E-state index in [9.17, 15) is 22.8 Å². The quantitative estimate of drug-likeness (QED) is 0.286. The Balaban J connectivity index is 1.51. The van der Waals surface area contributed by atoms with Crippen LogP contribution in [0.15, 0.2) is 63.9 Å². The number of alkyl halides is 3. The molecule has 2 aromatic heterocycles. The van der Waals surface area contributed by atoms with Crippen LogP contribution in [0.5, 0.6) is 0 Å². The van der Waals surface area contributed by atoms with Crippen LogP contribution in [0.2, 0.25) is 0 Å². The minimum atomic E-state index is -4.58. The third kappa shape index (κ3) is 4.71. The maximum atomic E-state index is 13.1. The smallest absolute Gasteiger partial charge is 0.325 e. The van der Waals surface area contributed by atoms with Gasteiger partial charge in [-0.25, -0.2) is 4.98 Å². The normalized spacial score (nSPS) is 11.6. The minimum absolute atomic E-state index is 0.211. The largest absolute Gasteiger partial charge is 0.418 e. The number of thioether (sulfide) groups is 1. The predicted octanol–water partition coefficient (Wildman–Crippen LogP) is 5.71. The number of aromatic amines is 1. The van der Waals surface area contributed by atoms with Crippen molar-refractivity contribution < 1.29 is 18.0 Å².